The lowest BCUT2D eigenvalue weighted by Crippen LogP contribution is -1.95. The number of aromatic nitrogens is 2. The maximum atomic E-state index is 4.57. The van der Waals surface area contributed by atoms with Gasteiger partial charge in [-0.2, -0.15) is 0 Å². The molecule has 0 bridgehead atoms. The Morgan fingerprint density at radius 1 is 0.500 bits per heavy atom. The summed E-state index contributed by atoms with van der Waals surface area (Å²) in [5, 5.41) is 0. The molecule has 0 saturated heterocycles. The summed E-state index contributed by atoms with van der Waals surface area (Å²) in [6.07, 6.45) is 16.0. The van der Waals surface area contributed by atoms with E-state index < -0.39 is 0 Å². The fourth-order valence-corrected chi connectivity index (χ4v) is 3.77. The van der Waals surface area contributed by atoms with E-state index in [2.05, 4.69) is 72.3 Å². The highest BCUT2D eigenvalue weighted by Crippen LogP contribution is 2.18. The second-order valence-electron chi connectivity index (χ2n) is 8.34. The molecule has 0 aliphatic rings. The molecule has 2 aromatic carbocycles. The second-order valence-corrected chi connectivity index (χ2v) is 8.34. The third kappa shape index (κ3) is 7.09. The summed E-state index contributed by atoms with van der Waals surface area (Å²) in [5.74, 6) is 0.819. The third-order valence-electron chi connectivity index (χ3n) is 5.78. The van der Waals surface area contributed by atoms with Gasteiger partial charge in [-0.15, -0.1) is 0 Å². The molecular weight excluding hydrogens is 364 g/mol. The first-order valence-corrected chi connectivity index (χ1v) is 11.8. The zero-order valence-electron chi connectivity index (χ0n) is 18.7. The molecule has 0 amide bonds. The lowest BCUT2D eigenvalue weighted by Gasteiger charge is -2.06. The Labute approximate surface area is 182 Å². The van der Waals surface area contributed by atoms with E-state index in [4.69, 9.17) is 0 Å². The summed E-state index contributed by atoms with van der Waals surface area (Å²) in [6, 6.07) is 17.9. The molecule has 0 N–H and O–H groups in total. The van der Waals surface area contributed by atoms with Crippen LogP contribution in [0.1, 0.15) is 74.6 Å². The molecule has 1 heterocycles. The van der Waals surface area contributed by atoms with Gasteiger partial charge in [-0.25, -0.2) is 9.97 Å². The minimum Gasteiger partial charge on any atom is -0.236 e. The van der Waals surface area contributed by atoms with Gasteiger partial charge in [0.2, 0.25) is 0 Å². The summed E-state index contributed by atoms with van der Waals surface area (Å²) < 4.78 is 0. The number of benzene rings is 2. The lowest BCUT2D eigenvalue weighted by molar-refractivity contribution is 0.714. The quantitative estimate of drug-likeness (QED) is 0.296. The number of rotatable bonds is 12. The van der Waals surface area contributed by atoms with Crippen LogP contribution in [0.3, 0.4) is 0 Å². The van der Waals surface area contributed by atoms with Crippen molar-refractivity contribution in [3.8, 4) is 11.4 Å². The fourth-order valence-electron chi connectivity index (χ4n) is 3.77. The van der Waals surface area contributed by atoms with Crippen molar-refractivity contribution >= 4 is 0 Å². The molecule has 0 atom stereocenters. The molecule has 30 heavy (non-hydrogen) atoms. The van der Waals surface area contributed by atoms with Crippen LogP contribution in [0, 0.1) is 0 Å². The summed E-state index contributed by atoms with van der Waals surface area (Å²) in [7, 11) is 0. The zero-order valence-corrected chi connectivity index (χ0v) is 18.7. The Morgan fingerprint density at radius 2 is 0.933 bits per heavy atom. The van der Waals surface area contributed by atoms with E-state index in [0.717, 1.165) is 30.7 Å². The van der Waals surface area contributed by atoms with Crippen LogP contribution < -0.4 is 0 Å². The predicted molar refractivity (Wildman–Crippen MR) is 128 cm³/mol. The van der Waals surface area contributed by atoms with Gasteiger partial charge in [0.15, 0.2) is 5.82 Å². The maximum Gasteiger partial charge on any atom is 0.159 e. The van der Waals surface area contributed by atoms with E-state index in [1.54, 1.807) is 0 Å². The van der Waals surface area contributed by atoms with Gasteiger partial charge in [-0.1, -0.05) is 88.1 Å². The van der Waals surface area contributed by atoms with Gasteiger partial charge in [0, 0.05) is 18.0 Å². The summed E-state index contributed by atoms with van der Waals surface area (Å²) >= 11 is 0. The SMILES string of the molecule is CCCCCc1ccc(CCc2ccc(-c3ncc(CCCCC)cn3)cc2)cc1. The average molecular weight is 401 g/mol. The number of hydrogen-bond acceptors (Lipinski definition) is 2. The Morgan fingerprint density at radius 3 is 1.43 bits per heavy atom. The Kier molecular flexibility index (Phi) is 9.08. The van der Waals surface area contributed by atoms with Gasteiger partial charge in [-0.05, 0) is 60.8 Å². The number of aryl methyl sites for hydroxylation is 4. The molecule has 3 aromatic rings. The highest BCUT2D eigenvalue weighted by atomic mass is 14.9. The second kappa shape index (κ2) is 12.3. The molecular formula is C28H36N2. The van der Waals surface area contributed by atoms with Gasteiger partial charge in [-0.3, -0.25) is 0 Å². The topological polar surface area (TPSA) is 25.8 Å². The van der Waals surface area contributed by atoms with Crippen LogP contribution >= 0.6 is 0 Å². The van der Waals surface area contributed by atoms with Crippen molar-refractivity contribution in [1.29, 1.82) is 0 Å². The van der Waals surface area contributed by atoms with E-state index in [9.17, 15) is 0 Å². The van der Waals surface area contributed by atoms with Gasteiger partial charge in [0.1, 0.15) is 0 Å². The lowest BCUT2D eigenvalue weighted by atomic mass is 10.0. The first-order valence-electron chi connectivity index (χ1n) is 11.8. The molecule has 0 radical (unpaired) electrons. The van der Waals surface area contributed by atoms with Gasteiger partial charge >= 0.3 is 0 Å². The van der Waals surface area contributed by atoms with E-state index in [1.807, 2.05) is 12.4 Å². The highest BCUT2D eigenvalue weighted by Gasteiger charge is 2.03. The zero-order chi connectivity index (χ0) is 21.0. The van der Waals surface area contributed by atoms with Crippen molar-refractivity contribution < 1.29 is 0 Å². The molecule has 158 valence electrons. The first-order chi connectivity index (χ1) is 14.8. The Hall–Kier alpha value is -2.48. The van der Waals surface area contributed by atoms with Crippen LogP contribution in [0.4, 0.5) is 0 Å². The number of hydrogen-bond donors (Lipinski definition) is 0. The Balaban J connectivity index is 1.49. The summed E-state index contributed by atoms with van der Waals surface area (Å²) in [5.41, 5.74) is 6.57. The highest BCUT2D eigenvalue weighted by molar-refractivity contribution is 5.55. The molecule has 0 aliphatic heterocycles. The number of unbranched alkanes of at least 4 members (excludes halogenated alkanes) is 4. The van der Waals surface area contributed by atoms with Crippen molar-refractivity contribution in [1.82, 2.24) is 9.97 Å². The fraction of sp³-hybridized carbons (Fsp3) is 0.429. The van der Waals surface area contributed by atoms with E-state index in [-0.39, 0.29) is 0 Å². The van der Waals surface area contributed by atoms with Crippen LogP contribution in [0.2, 0.25) is 0 Å². The van der Waals surface area contributed by atoms with Crippen LogP contribution in [-0.4, -0.2) is 9.97 Å². The van der Waals surface area contributed by atoms with Crippen molar-refractivity contribution in [3.05, 3.63) is 83.2 Å². The minimum atomic E-state index is 0.819. The molecule has 3 rings (SSSR count). The van der Waals surface area contributed by atoms with E-state index >= 15 is 0 Å². The summed E-state index contributed by atoms with van der Waals surface area (Å²) in [6.45, 7) is 4.49. The van der Waals surface area contributed by atoms with E-state index in [1.165, 1.54) is 67.2 Å². The van der Waals surface area contributed by atoms with Crippen LogP contribution in [0.15, 0.2) is 60.9 Å². The standard InChI is InChI=1S/C28H36N2/c1-3-5-7-9-23-11-13-24(14-12-23)15-16-25-17-19-27(20-18-25)28-29-21-26(22-30-28)10-8-6-4-2/h11-14,17-22H,3-10,15-16H2,1-2H3. The monoisotopic (exact) mass is 400 g/mol. The van der Waals surface area contributed by atoms with Crippen molar-refractivity contribution in [2.24, 2.45) is 0 Å². The molecule has 1 aromatic heterocycles. The van der Waals surface area contributed by atoms with Crippen molar-refractivity contribution in [2.45, 2.75) is 78.1 Å². The third-order valence-corrected chi connectivity index (χ3v) is 5.78. The predicted octanol–water partition coefficient (Wildman–Crippen LogP) is 7.39. The number of nitrogens with zero attached hydrogens (tertiary/aromatic N) is 2. The van der Waals surface area contributed by atoms with Crippen molar-refractivity contribution in [2.75, 3.05) is 0 Å². The first kappa shape index (κ1) is 22.2. The normalized spacial score (nSPS) is 11.0. The average Bonchev–Trinajstić information content (AvgIpc) is 2.80. The molecule has 0 spiro atoms. The van der Waals surface area contributed by atoms with Crippen LogP contribution in [0.25, 0.3) is 11.4 Å². The maximum absolute atomic E-state index is 4.57. The molecule has 0 unspecified atom stereocenters. The molecule has 0 aliphatic carbocycles. The molecule has 0 saturated carbocycles. The van der Waals surface area contributed by atoms with Crippen molar-refractivity contribution in [3.63, 3.8) is 0 Å². The smallest absolute Gasteiger partial charge is 0.159 e. The van der Waals surface area contributed by atoms with Gasteiger partial charge in [0.25, 0.3) is 0 Å². The molecule has 0 fully saturated rings. The molecule has 2 heteroatoms. The summed E-state index contributed by atoms with van der Waals surface area (Å²) in [4.78, 5) is 9.15. The Bertz CT molecular complexity index is 849. The largest absolute Gasteiger partial charge is 0.236 e. The minimum absolute atomic E-state index is 0.819. The van der Waals surface area contributed by atoms with Gasteiger partial charge < -0.3 is 0 Å². The van der Waals surface area contributed by atoms with E-state index in [0.29, 0.717) is 0 Å². The van der Waals surface area contributed by atoms with Crippen LogP contribution in [0.5, 0.6) is 0 Å². The molecule has 2 nitrogen and oxygen atoms in total. The van der Waals surface area contributed by atoms with Crippen LogP contribution in [-0.2, 0) is 25.7 Å². The van der Waals surface area contributed by atoms with Gasteiger partial charge in [0.05, 0.1) is 0 Å².